The summed E-state index contributed by atoms with van der Waals surface area (Å²) in [7, 11) is 2.99. The number of methoxy groups -OCH3 is 2. The maximum Gasteiger partial charge on any atom is 0.228 e. The van der Waals surface area contributed by atoms with Crippen molar-refractivity contribution in [1.82, 2.24) is 0 Å². The summed E-state index contributed by atoms with van der Waals surface area (Å²) in [5.41, 5.74) is 1.06. The van der Waals surface area contributed by atoms with Gasteiger partial charge < -0.3 is 14.8 Å². The van der Waals surface area contributed by atoms with Crippen molar-refractivity contribution >= 4 is 23.2 Å². The molecule has 4 nitrogen and oxygen atoms in total. The van der Waals surface area contributed by atoms with Crippen molar-refractivity contribution in [3.8, 4) is 11.5 Å². The Kier molecular flexibility index (Phi) is 4.62. The Hall–Kier alpha value is -2.27. The van der Waals surface area contributed by atoms with Crippen LogP contribution in [0.25, 0.3) is 0 Å². The second-order valence-electron chi connectivity index (χ2n) is 5.65. The molecule has 2 unspecified atom stereocenters. The number of ether oxygens (including phenoxy) is 2. The van der Waals surface area contributed by atoms with Crippen LogP contribution in [0.1, 0.15) is 17.9 Å². The minimum atomic E-state index is -0.274. The number of anilines is 1. The molecule has 2 atom stereocenters. The lowest BCUT2D eigenvalue weighted by Crippen LogP contribution is -2.15. The Balaban J connectivity index is 1.76. The molecule has 1 N–H and O–H groups in total. The van der Waals surface area contributed by atoms with Crippen LogP contribution >= 0.6 is 11.6 Å². The van der Waals surface area contributed by atoms with Gasteiger partial charge in [0.1, 0.15) is 17.3 Å². The van der Waals surface area contributed by atoms with Gasteiger partial charge >= 0.3 is 0 Å². The molecule has 1 aliphatic carbocycles. The van der Waals surface area contributed by atoms with E-state index in [1.807, 2.05) is 0 Å². The highest BCUT2D eigenvalue weighted by Crippen LogP contribution is 2.49. The molecule has 3 rings (SSSR count). The van der Waals surface area contributed by atoms with Gasteiger partial charge in [0.05, 0.1) is 24.9 Å². The lowest BCUT2D eigenvalue weighted by atomic mass is 10.1. The van der Waals surface area contributed by atoms with Gasteiger partial charge in [-0.3, -0.25) is 4.79 Å². The number of hydrogen-bond acceptors (Lipinski definition) is 3. The third kappa shape index (κ3) is 3.17. The van der Waals surface area contributed by atoms with Gasteiger partial charge in [0.25, 0.3) is 0 Å². The van der Waals surface area contributed by atoms with E-state index in [-0.39, 0.29) is 23.6 Å². The molecular weight excluding hydrogens is 333 g/mol. The van der Waals surface area contributed by atoms with E-state index in [4.69, 9.17) is 21.1 Å². The van der Waals surface area contributed by atoms with Gasteiger partial charge in [0.15, 0.2) is 0 Å². The van der Waals surface area contributed by atoms with Crippen LogP contribution in [0, 0.1) is 11.7 Å². The predicted octanol–water partition coefficient (Wildman–Crippen LogP) is 4.24. The Labute approximate surface area is 144 Å². The van der Waals surface area contributed by atoms with Crippen LogP contribution < -0.4 is 14.8 Å². The first-order valence-electron chi connectivity index (χ1n) is 7.52. The molecule has 0 saturated heterocycles. The topological polar surface area (TPSA) is 47.6 Å². The number of carbonyl (C=O) groups excluding carboxylic acids is 1. The van der Waals surface area contributed by atoms with E-state index in [0.29, 0.717) is 34.2 Å². The fourth-order valence-electron chi connectivity index (χ4n) is 2.79. The molecule has 0 heterocycles. The molecule has 1 aliphatic rings. The highest BCUT2D eigenvalue weighted by atomic mass is 35.5. The SMILES string of the molecule is COc1cc(NC(=O)C2CC2c2ccccc2F)c(OC)cc1Cl. The molecule has 1 saturated carbocycles. The first-order chi connectivity index (χ1) is 11.5. The van der Waals surface area contributed by atoms with Crippen molar-refractivity contribution in [2.45, 2.75) is 12.3 Å². The number of amides is 1. The van der Waals surface area contributed by atoms with Gasteiger partial charge in [-0.2, -0.15) is 0 Å². The minimum Gasteiger partial charge on any atom is -0.495 e. The van der Waals surface area contributed by atoms with Crippen molar-refractivity contribution in [1.29, 1.82) is 0 Å². The van der Waals surface area contributed by atoms with Crippen LogP contribution in [0.2, 0.25) is 5.02 Å². The first-order valence-corrected chi connectivity index (χ1v) is 7.89. The average molecular weight is 350 g/mol. The van der Waals surface area contributed by atoms with E-state index in [2.05, 4.69) is 5.32 Å². The fraction of sp³-hybridized carbons (Fsp3) is 0.278. The van der Waals surface area contributed by atoms with Crippen LogP contribution in [0.15, 0.2) is 36.4 Å². The zero-order valence-electron chi connectivity index (χ0n) is 13.3. The zero-order chi connectivity index (χ0) is 17.3. The maximum atomic E-state index is 13.8. The molecule has 0 spiro atoms. The van der Waals surface area contributed by atoms with E-state index >= 15 is 0 Å². The number of hydrogen-bond donors (Lipinski definition) is 1. The van der Waals surface area contributed by atoms with Crippen molar-refractivity contribution in [3.63, 3.8) is 0 Å². The summed E-state index contributed by atoms with van der Waals surface area (Å²) in [5, 5.41) is 3.21. The number of rotatable bonds is 5. The van der Waals surface area contributed by atoms with Crippen molar-refractivity contribution in [3.05, 3.63) is 52.8 Å². The second-order valence-corrected chi connectivity index (χ2v) is 6.05. The van der Waals surface area contributed by atoms with Crippen LogP contribution in [-0.2, 0) is 4.79 Å². The summed E-state index contributed by atoms with van der Waals surface area (Å²) in [5.74, 6) is 0.0839. The van der Waals surface area contributed by atoms with Gasteiger partial charge in [-0.25, -0.2) is 4.39 Å². The Bertz CT molecular complexity index is 781. The Morgan fingerprint density at radius 1 is 1.21 bits per heavy atom. The molecule has 0 aromatic heterocycles. The molecule has 2 aromatic rings. The summed E-state index contributed by atoms with van der Waals surface area (Å²) < 4.78 is 24.2. The smallest absolute Gasteiger partial charge is 0.228 e. The molecule has 0 aliphatic heterocycles. The zero-order valence-corrected chi connectivity index (χ0v) is 14.1. The number of halogens is 2. The molecule has 0 bridgehead atoms. The predicted molar refractivity (Wildman–Crippen MR) is 90.4 cm³/mol. The summed E-state index contributed by atoms with van der Waals surface area (Å²) in [6, 6.07) is 9.74. The van der Waals surface area contributed by atoms with E-state index in [1.165, 1.54) is 20.3 Å². The maximum absolute atomic E-state index is 13.8. The monoisotopic (exact) mass is 349 g/mol. The lowest BCUT2D eigenvalue weighted by Gasteiger charge is -2.13. The third-order valence-electron chi connectivity index (χ3n) is 4.16. The second kappa shape index (κ2) is 6.69. The van der Waals surface area contributed by atoms with Gasteiger partial charge in [0, 0.05) is 18.1 Å². The minimum absolute atomic E-state index is 0.0913. The number of carbonyl (C=O) groups is 1. The standard InChI is InChI=1S/C18H17ClFNO3/c1-23-16-9-15(17(24-2)8-13(16)19)21-18(22)12-7-11(12)10-5-3-4-6-14(10)20/h3-6,8-9,11-12H,7H2,1-2H3,(H,21,22). The Morgan fingerprint density at radius 3 is 2.58 bits per heavy atom. The van der Waals surface area contributed by atoms with Gasteiger partial charge in [-0.1, -0.05) is 29.8 Å². The molecule has 24 heavy (non-hydrogen) atoms. The lowest BCUT2D eigenvalue weighted by molar-refractivity contribution is -0.117. The van der Waals surface area contributed by atoms with E-state index in [9.17, 15) is 9.18 Å². The average Bonchev–Trinajstić information content (AvgIpc) is 3.37. The summed E-state index contributed by atoms with van der Waals surface area (Å²) in [4.78, 5) is 12.5. The van der Waals surface area contributed by atoms with Crippen LogP contribution in [0.3, 0.4) is 0 Å². The number of benzene rings is 2. The quantitative estimate of drug-likeness (QED) is 0.878. The molecule has 6 heteroatoms. The van der Waals surface area contributed by atoms with E-state index in [0.717, 1.165) is 0 Å². The Morgan fingerprint density at radius 2 is 1.92 bits per heavy atom. The van der Waals surface area contributed by atoms with Crippen LogP contribution in [0.5, 0.6) is 11.5 Å². The van der Waals surface area contributed by atoms with E-state index < -0.39 is 0 Å². The highest BCUT2D eigenvalue weighted by Gasteiger charge is 2.45. The van der Waals surface area contributed by atoms with Gasteiger partial charge in [-0.15, -0.1) is 0 Å². The molecule has 0 radical (unpaired) electrons. The van der Waals surface area contributed by atoms with Crippen molar-refractivity contribution < 1.29 is 18.7 Å². The highest BCUT2D eigenvalue weighted by molar-refractivity contribution is 6.32. The van der Waals surface area contributed by atoms with Crippen molar-refractivity contribution in [2.24, 2.45) is 5.92 Å². The largest absolute Gasteiger partial charge is 0.495 e. The summed E-state index contributed by atoms with van der Waals surface area (Å²) >= 11 is 6.05. The fourth-order valence-corrected chi connectivity index (χ4v) is 3.02. The van der Waals surface area contributed by atoms with Gasteiger partial charge in [-0.05, 0) is 24.0 Å². The summed E-state index contributed by atoms with van der Waals surface area (Å²) in [6.45, 7) is 0. The molecule has 1 amide bonds. The molecular formula is C18H17ClFNO3. The van der Waals surface area contributed by atoms with Crippen LogP contribution in [0.4, 0.5) is 10.1 Å². The number of nitrogens with one attached hydrogen (secondary N) is 1. The van der Waals surface area contributed by atoms with E-state index in [1.54, 1.807) is 30.3 Å². The van der Waals surface area contributed by atoms with Crippen LogP contribution in [-0.4, -0.2) is 20.1 Å². The third-order valence-corrected chi connectivity index (χ3v) is 4.46. The van der Waals surface area contributed by atoms with Crippen molar-refractivity contribution in [2.75, 3.05) is 19.5 Å². The molecule has 2 aromatic carbocycles. The van der Waals surface area contributed by atoms with Gasteiger partial charge in [0.2, 0.25) is 5.91 Å². The normalized spacial score (nSPS) is 18.8. The summed E-state index contributed by atoms with van der Waals surface area (Å²) in [6.07, 6.45) is 0.625. The first kappa shape index (κ1) is 16.6. The molecule has 126 valence electrons. The molecule has 1 fully saturated rings.